The maximum atomic E-state index is 14.8. The molecule has 0 bridgehead atoms. The minimum atomic E-state index is -4.90. The number of benzene rings is 2. The van der Waals surface area contributed by atoms with E-state index in [1.165, 1.54) is 47.3 Å². The van der Waals surface area contributed by atoms with E-state index in [2.05, 4.69) is 25.1 Å². The third-order valence-electron chi connectivity index (χ3n) is 8.85. The predicted molar refractivity (Wildman–Crippen MR) is 165 cm³/mol. The second kappa shape index (κ2) is 12.9. The van der Waals surface area contributed by atoms with Gasteiger partial charge in [-0.15, -0.1) is 13.2 Å². The second-order valence-corrected chi connectivity index (χ2v) is 12.4. The van der Waals surface area contributed by atoms with E-state index < -0.39 is 36.4 Å². The molecule has 260 valence electrons. The van der Waals surface area contributed by atoms with Crippen molar-refractivity contribution in [2.24, 2.45) is 5.41 Å². The number of hydrogen-bond donors (Lipinski definition) is 2. The van der Waals surface area contributed by atoms with Crippen LogP contribution in [0.1, 0.15) is 42.4 Å². The van der Waals surface area contributed by atoms with Crippen molar-refractivity contribution < 1.29 is 45.7 Å². The zero-order valence-corrected chi connectivity index (χ0v) is 26.3. The summed E-state index contributed by atoms with van der Waals surface area (Å²) >= 11 is 0. The summed E-state index contributed by atoms with van der Waals surface area (Å²) in [7, 11) is 0. The highest BCUT2D eigenvalue weighted by atomic mass is 19.4. The molecule has 16 heteroatoms. The molecule has 2 N–H and O–H groups in total. The van der Waals surface area contributed by atoms with Crippen molar-refractivity contribution in [3.63, 3.8) is 0 Å². The van der Waals surface area contributed by atoms with Gasteiger partial charge in [-0.3, -0.25) is 4.79 Å². The van der Waals surface area contributed by atoms with Crippen LogP contribution in [0.3, 0.4) is 0 Å². The van der Waals surface area contributed by atoms with Gasteiger partial charge < -0.3 is 24.8 Å². The van der Waals surface area contributed by atoms with E-state index in [4.69, 9.17) is 4.74 Å². The van der Waals surface area contributed by atoms with Gasteiger partial charge in [-0.05, 0) is 73.9 Å². The Morgan fingerprint density at radius 1 is 0.980 bits per heavy atom. The first-order valence-electron chi connectivity index (χ1n) is 15.4. The summed E-state index contributed by atoms with van der Waals surface area (Å²) in [5, 5.41) is 16.8. The molecular formula is C33H32F6N6O4. The highest BCUT2D eigenvalue weighted by Gasteiger charge is 2.46. The number of rotatable bonds is 8. The summed E-state index contributed by atoms with van der Waals surface area (Å²) in [6.07, 6.45) is -8.87. The van der Waals surface area contributed by atoms with Gasteiger partial charge in [0.2, 0.25) is 12.0 Å². The number of piperidine rings is 1. The molecule has 10 nitrogen and oxygen atoms in total. The quantitative estimate of drug-likeness (QED) is 0.199. The van der Waals surface area contributed by atoms with Crippen molar-refractivity contribution >= 4 is 11.8 Å². The van der Waals surface area contributed by atoms with Crippen molar-refractivity contribution in [2.75, 3.05) is 24.5 Å². The number of ether oxygens (including phenoxy) is 2. The lowest BCUT2D eigenvalue weighted by atomic mass is 9.76. The van der Waals surface area contributed by atoms with Crippen molar-refractivity contribution in [3.05, 3.63) is 77.9 Å². The van der Waals surface area contributed by atoms with Crippen LogP contribution in [0.15, 0.2) is 60.8 Å². The fourth-order valence-electron chi connectivity index (χ4n) is 6.40. The van der Waals surface area contributed by atoms with E-state index in [9.17, 15) is 36.2 Å². The largest absolute Gasteiger partial charge is 0.573 e. The van der Waals surface area contributed by atoms with Crippen LogP contribution >= 0.6 is 0 Å². The standard InChI is InChI=1S/C33H32F6N6O4/c1-19-9-12-45(43-19)26-15-22(21-3-6-23(7-4-21)49-33(37,38)39)5-8-24(26)29(32(34,35)36)48-28-16-27(41-20(2)42-28)44-13-10-31(11-14-44)17-25(30(46)47)40-18-31/h3-9,12,15-16,25,29,40H,10-11,13-14,17-18H2,1-2H3,(H,46,47)/t25-,29?/m0/s1. The van der Waals surface area contributed by atoms with Crippen LogP contribution in [0.5, 0.6) is 11.6 Å². The van der Waals surface area contributed by atoms with Gasteiger partial charge in [0.25, 0.3) is 0 Å². The molecule has 1 unspecified atom stereocenters. The first-order chi connectivity index (χ1) is 23.1. The molecule has 0 radical (unpaired) electrons. The average molecular weight is 691 g/mol. The zero-order valence-electron chi connectivity index (χ0n) is 26.3. The summed E-state index contributed by atoms with van der Waals surface area (Å²) in [4.78, 5) is 22.0. The van der Waals surface area contributed by atoms with E-state index in [1.54, 1.807) is 19.9 Å². The van der Waals surface area contributed by atoms with Gasteiger partial charge >= 0.3 is 18.5 Å². The molecule has 4 aromatic rings. The monoisotopic (exact) mass is 690 g/mol. The third kappa shape index (κ3) is 7.74. The molecule has 0 saturated carbocycles. The fraction of sp³-hybridized carbons (Fsp3) is 0.394. The lowest BCUT2D eigenvalue weighted by molar-refractivity contribution is -0.274. The van der Waals surface area contributed by atoms with E-state index in [1.807, 2.05) is 4.90 Å². The van der Waals surface area contributed by atoms with Gasteiger partial charge in [0.05, 0.1) is 11.4 Å². The number of aryl methyl sites for hydroxylation is 2. The Labute approximate surface area is 276 Å². The van der Waals surface area contributed by atoms with Crippen LogP contribution < -0.4 is 19.7 Å². The van der Waals surface area contributed by atoms with Gasteiger partial charge in [-0.25, -0.2) is 9.67 Å². The molecule has 2 fully saturated rings. The molecule has 0 amide bonds. The van der Waals surface area contributed by atoms with Crippen molar-refractivity contribution in [3.8, 4) is 28.4 Å². The molecule has 0 aliphatic carbocycles. The lowest BCUT2D eigenvalue weighted by Crippen LogP contribution is -2.41. The minimum absolute atomic E-state index is 0.0423. The molecule has 2 aromatic heterocycles. The van der Waals surface area contributed by atoms with E-state index >= 15 is 0 Å². The number of anilines is 1. The number of aliphatic carboxylic acids is 1. The number of halogens is 6. The van der Waals surface area contributed by atoms with Gasteiger partial charge in [-0.2, -0.15) is 23.3 Å². The van der Waals surface area contributed by atoms with Gasteiger partial charge in [0.15, 0.2) is 0 Å². The Balaban J connectivity index is 1.29. The number of aromatic nitrogens is 4. The molecule has 1 spiro atoms. The fourth-order valence-corrected chi connectivity index (χ4v) is 6.40. The normalized spacial score (nSPS) is 18.4. The number of hydrogen-bond acceptors (Lipinski definition) is 8. The lowest BCUT2D eigenvalue weighted by Gasteiger charge is -2.39. The zero-order chi connectivity index (χ0) is 35.1. The number of alkyl halides is 6. The summed E-state index contributed by atoms with van der Waals surface area (Å²) in [5.41, 5.74) is 0.995. The molecular weight excluding hydrogens is 658 g/mol. The van der Waals surface area contributed by atoms with Gasteiger partial charge in [-0.1, -0.05) is 24.3 Å². The highest BCUT2D eigenvalue weighted by Crippen LogP contribution is 2.43. The van der Waals surface area contributed by atoms with Gasteiger partial charge in [0, 0.05) is 37.5 Å². The van der Waals surface area contributed by atoms with Gasteiger partial charge in [0.1, 0.15) is 23.4 Å². The second-order valence-electron chi connectivity index (χ2n) is 12.4. The summed E-state index contributed by atoms with van der Waals surface area (Å²) in [5.74, 6) is -1.01. The van der Waals surface area contributed by atoms with Crippen molar-refractivity contribution in [1.82, 2.24) is 25.1 Å². The Hall–Kier alpha value is -4.86. The van der Waals surface area contributed by atoms with Crippen LogP contribution in [-0.2, 0) is 4.79 Å². The summed E-state index contributed by atoms with van der Waals surface area (Å²) in [6.45, 7) is 4.87. The molecule has 2 aliphatic heterocycles. The van der Waals surface area contributed by atoms with E-state index in [0.29, 0.717) is 61.5 Å². The Morgan fingerprint density at radius 2 is 1.67 bits per heavy atom. The molecule has 2 saturated heterocycles. The smallest absolute Gasteiger partial charge is 0.480 e. The molecule has 2 aromatic carbocycles. The van der Waals surface area contributed by atoms with Crippen LogP contribution in [-0.4, -0.2) is 69.0 Å². The number of carboxylic acids is 1. The average Bonchev–Trinajstić information content (AvgIpc) is 3.65. The van der Waals surface area contributed by atoms with Crippen LogP contribution in [0.2, 0.25) is 0 Å². The number of nitrogens with zero attached hydrogens (tertiary/aromatic N) is 5. The van der Waals surface area contributed by atoms with Crippen LogP contribution in [0, 0.1) is 19.3 Å². The maximum Gasteiger partial charge on any atom is 0.573 e. The number of carbonyl (C=O) groups is 1. The Morgan fingerprint density at radius 3 is 2.27 bits per heavy atom. The number of carboxylic acid groups (broad SMARTS) is 1. The summed E-state index contributed by atoms with van der Waals surface area (Å²) < 4.78 is 93.3. The molecule has 6 rings (SSSR count). The first-order valence-corrected chi connectivity index (χ1v) is 15.4. The topological polar surface area (TPSA) is 115 Å². The molecule has 49 heavy (non-hydrogen) atoms. The molecule has 4 heterocycles. The molecule has 2 aliphatic rings. The highest BCUT2D eigenvalue weighted by molar-refractivity contribution is 5.74. The van der Waals surface area contributed by atoms with Crippen LogP contribution in [0.25, 0.3) is 16.8 Å². The molecule has 2 atom stereocenters. The van der Waals surface area contributed by atoms with Crippen LogP contribution in [0.4, 0.5) is 32.2 Å². The number of nitrogens with one attached hydrogen (secondary N) is 1. The van der Waals surface area contributed by atoms with E-state index in [-0.39, 0.29) is 28.4 Å². The minimum Gasteiger partial charge on any atom is -0.480 e. The summed E-state index contributed by atoms with van der Waals surface area (Å²) in [6, 6.07) is 11.5. The predicted octanol–water partition coefficient (Wildman–Crippen LogP) is 6.56. The first kappa shape index (κ1) is 34.0. The Bertz CT molecular complexity index is 1820. The SMILES string of the molecule is Cc1ccn(-c2cc(-c3ccc(OC(F)(F)F)cc3)ccc2C(Oc2cc(N3CCC4(CC3)CN[C@H](C(=O)O)C4)nc(C)n2)C(F)(F)F)n1. The Kier molecular flexibility index (Phi) is 8.94. The maximum absolute atomic E-state index is 14.8. The van der Waals surface area contributed by atoms with E-state index in [0.717, 1.165) is 12.1 Å². The van der Waals surface area contributed by atoms with Crippen molar-refractivity contribution in [2.45, 2.75) is 57.8 Å². The third-order valence-corrected chi connectivity index (χ3v) is 8.85. The van der Waals surface area contributed by atoms with Crippen molar-refractivity contribution in [1.29, 1.82) is 0 Å².